The second-order valence-corrected chi connectivity index (χ2v) is 7.05. The first-order chi connectivity index (χ1) is 9.65. The Bertz CT molecular complexity index is 653. The number of hydrogen-bond donors (Lipinski definition) is 2. The molecule has 1 unspecified atom stereocenters. The number of hydrogen-bond acceptors (Lipinski definition) is 3. The van der Waals surface area contributed by atoms with Crippen LogP contribution in [0.4, 0.5) is 0 Å². The van der Waals surface area contributed by atoms with Gasteiger partial charge in [-0.25, -0.2) is 0 Å². The molecule has 104 valence electrons. The van der Waals surface area contributed by atoms with E-state index in [0.717, 1.165) is 22.8 Å². The van der Waals surface area contributed by atoms with E-state index in [9.17, 15) is 9.90 Å². The Labute approximate surface area is 135 Å². The third kappa shape index (κ3) is 2.69. The molecule has 5 heteroatoms. The fourth-order valence-electron chi connectivity index (χ4n) is 2.53. The first-order valence-corrected chi connectivity index (χ1v) is 8.46. The summed E-state index contributed by atoms with van der Waals surface area (Å²) in [4.78, 5) is 13.7. The number of benzene rings is 1. The van der Waals surface area contributed by atoms with Crippen LogP contribution in [0.1, 0.15) is 39.7 Å². The predicted octanol–water partition coefficient (Wildman–Crippen LogP) is 3.87. The second kappa shape index (κ2) is 5.73. The van der Waals surface area contributed by atoms with Crippen molar-refractivity contribution < 1.29 is 9.90 Å². The molecule has 20 heavy (non-hydrogen) atoms. The lowest BCUT2D eigenvalue weighted by molar-refractivity contribution is 0.0932. The zero-order valence-corrected chi connectivity index (χ0v) is 13.7. The molecule has 3 nitrogen and oxygen atoms in total. The van der Waals surface area contributed by atoms with Crippen LogP contribution >= 0.6 is 33.9 Å². The van der Waals surface area contributed by atoms with Crippen molar-refractivity contribution in [2.45, 2.75) is 25.3 Å². The van der Waals surface area contributed by atoms with Gasteiger partial charge in [0.2, 0.25) is 0 Å². The third-order valence-corrected chi connectivity index (χ3v) is 5.47. The van der Waals surface area contributed by atoms with Crippen LogP contribution in [-0.2, 0) is 6.42 Å². The quantitative estimate of drug-likeness (QED) is 0.754. The molecule has 1 aliphatic carbocycles. The smallest absolute Gasteiger partial charge is 0.251 e. The largest absolute Gasteiger partial charge is 0.507 e. The van der Waals surface area contributed by atoms with Crippen molar-refractivity contribution in [2.75, 3.05) is 0 Å². The number of rotatable bonds is 2. The highest BCUT2D eigenvalue weighted by atomic mass is 127. The topological polar surface area (TPSA) is 49.3 Å². The van der Waals surface area contributed by atoms with E-state index >= 15 is 0 Å². The molecule has 1 aromatic heterocycles. The molecule has 3 rings (SSSR count). The lowest BCUT2D eigenvalue weighted by Gasteiger charge is -2.23. The molecule has 0 bridgehead atoms. The molecular formula is C15H14INO2S. The van der Waals surface area contributed by atoms with Crippen molar-refractivity contribution in [1.29, 1.82) is 0 Å². The summed E-state index contributed by atoms with van der Waals surface area (Å²) in [6.45, 7) is 0. The summed E-state index contributed by atoms with van der Waals surface area (Å²) in [7, 11) is 0. The van der Waals surface area contributed by atoms with Gasteiger partial charge in [0.15, 0.2) is 0 Å². The third-order valence-electron chi connectivity index (χ3n) is 3.57. The van der Waals surface area contributed by atoms with Crippen molar-refractivity contribution in [3.05, 3.63) is 49.2 Å². The van der Waals surface area contributed by atoms with Crippen LogP contribution < -0.4 is 5.32 Å². The highest BCUT2D eigenvalue weighted by Crippen LogP contribution is 2.33. The number of nitrogens with one attached hydrogen (secondary N) is 1. The van der Waals surface area contributed by atoms with Crippen molar-refractivity contribution >= 4 is 39.8 Å². The maximum absolute atomic E-state index is 12.3. The number of carbonyl (C=O) groups excluding carboxylic acids is 1. The van der Waals surface area contributed by atoms with Crippen molar-refractivity contribution in [1.82, 2.24) is 5.32 Å². The van der Waals surface area contributed by atoms with Crippen LogP contribution in [0.25, 0.3) is 0 Å². The van der Waals surface area contributed by atoms with E-state index < -0.39 is 0 Å². The average Bonchev–Trinajstić information content (AvgIpc) is 2.91. The minimum Gasteiger partial charge on any atom is -0.507 e. The van der Waals surface area contributed by atoms with E-state index in [-0.39, 0.29) is 17.7 Å². The fraction of sp³-hybridized carbons (Fsp3) is 0.267. The lowest BCUT2D eigenvalue weighted by Crippen LogP contribution is -2.30. The first-order valence-electron chi connectivity index (χ1n) is 6.51. The zero-order chi connectivity index (χ0) is 14.1. The Balaban J connectivity index is 1.79. The SMILES string of the molecule is O=C(NC1CCCc2sccc21)c1ccc(I)c(O)c1. The number of fused-ring (bicyclic) bond motifs is 1. The summed E-state index contributed by atoms with van der Waals surface area (Å²) in [6.07, 6.45) is 3.20. The van der Waals surface area contributed by atoms with Gasteiger partial charge in [-0.1, -0.05) is 0 Å². The Morgan fingerprint density at radius 3 is 3.05 bits per heavy atom. The van der Waals surface area contributed by atoms with Gasteiger partial charge in [0, 0.05) is 10.4 Å². The zero-order valence-electron chi connectivity index (χ0n) is 10.7. The summed E-state index contributed by atoms with van der Waals surface area (Å²) in [6, 6.07) is 7.22. The molecule has 1 amide bonds. The molecule has 0 saturated carbocycles. The van der Waals surface area contributed by atoms with Gasteiger partial charge in [-0.05, 0) is 77.1 Å². The van der Waals surface area contributed by atoms with Gasteiger partial charge in [0.1, 0.15) is 5.75 Å². The number of phenols is 1. The van der Waals surface area contributed by atoms with Crippen LogP contribution in [0, 0.1) is 3.57 Å². The second-order valence-electron chi connectivity index (χ2n) is 4.88. The van der Waals surface area contributed by atoms with Crippen molar-refractivity contribution in [3.63, 3.8) is 0 Å². The molecule has 1 heterocycles. The minimum absolute atomic E-state index is 0.0962. The molecule has 0 aliphatic heterocycles. The Morgan fingerprint density at radius 2 is 2.25 bits per heavy atom. The molecule has 2 aromatic rings. The van der Waals surface area contributed by atoms with E-state index in [4.69, 9.17) is 0 Å². The van der Waals surface area contributed by atoms with Crippen LogP contribution in [0.2, 0.25) is 0 Å². The Hall–Kier alpha value is -1.08. The van der Waals surface area contributed by atoms with Crippen molar-refractivity contribution in [2.24, 2.45) is 0 Å². The molecular weight excluding hydrogens is 385 g/mol. The standard InChI is InChI=1S/C15H14INO2S/c16-11-5-4-9(8-13(11)18)15(19)17-12-2-1-3-14-10(12)6-7-20-14/h4-8,12,18H,1-3H2,(H,17,19). The normalized spacial score (nSPS) is 17.6. The van der Waals surface area contributed by atoms with Crippen LogP contribution in [0.5, 0.6) is 5.75 Å². The van der Waals surface area contributed by atoms with Crippen LogP contribution in [0.15, 0.2) is 29.6 Å². The molecule has 1 atom stereocenters. The maximum Gasteiger partial charge on any atom is 0.251 e. The summed E-state index contributed by atoms with van der Waals surface area (Å²) in [5.41, 5.74) is 1.76. The number of thiophene rings is 1. The number of halogens is 1. The van der Waals surface area contributed by atoms with Gasteiger partial charge < -0.3 is 10.4 Å². The monoisotopic (exact) mass is 399 g/mol. The van der Waals surface area contributed by atoms with Gasteiger partial charge in [0.25, 0.3) is 5.91 Å². The minimum atomic E-state index is -0.124. The predicted molar refractivity (Wildman–Crippen MR) is 88.3 cm³/mol. The molecule has 1 aliphatic rings. The van der Waals surface area contributed by atoms with E-state index in [1.807, 2.05) is 22.6 Å². The summed E-state index contributed by atoms with van der Waals surface area (Å²) < 4.78 is 0.747. The van der Waals surface area contributed by atoms with Crippen LogP contribution in [0.3, 0.4) is 0 Å². The number of carbonyl (C=O) groups is 1. The highest BCUT2D eigenvalue weighted by Gasteiger charge is 2.23. The van der Waals surface area contributed by atoms with Crippen LogP contribution in [-0.4, -0.2) is 11.0 Å². The first kappa shape index (κ1) is 13.9. The molecule has 0 fully saturated rings. The number of phenolic OH excluding ortho intramolecular Hbond substituents is 1. The Kier molecular flexibility index (Phi) is 3.98. The van der Waals surface area contributed by atoms with E-state index in [1.165, 1.54) is 16.5 Å². The maximum atomic E-state index is 12.3. The van der Waals surface area contributed by atoms with E-state index in [1.54, 1.807) is 23.5 Å². The summed E-state index contributed by atoms with van der Waals surface area (Å²) >= 11 is 3.80. The molecule has 0 spiro atoms. The Morgan fingerprint density at radius 1 is 1.40 bits per heavy atom. The number of aromatic hydroxyl groups is 1. The van der Waals surface area contributed by atoms with Crippen molar-refractivity contribution in [3.8, 4) is 5.75 Å². The van der Waals surface area contributed by atoms with E-state index in [2.05, 4.69) is 16.8 Å². The fourth-order valence-corrected chi connectivity index (χ4v) is 3.85. The van der Waals surface area contributed by atoms with Gasteiger partial charge in [-0.2, -0.15) is 0 Å². The van der Waals surface area contributed by atoms with Gasteiger partial charge in [0.05, 0.1) is 9.61 Å². The summed E-state index contributed by atoms with van der Waals surface area (Å²) in [5.74, 6) is 0.0267. The van der Waals surface area contributed by atoms with Gasteiger partial charge in [-0.15, -0.1) is 11.3 Å². The molecule has 2 N–H and O–H groups in total. The number of aryl methyl sites for hydroxylation is 1. The van der Waals surface area contributed by atoms with Gasteiger partial charge in [-0.3, -0.25) is 4.79 Å². The molecule has 0 radical (unpaired) electrons. The van der Waals surface area contributed by atoms with Gasteiger partial charge >= 0.3 is 0 Å². The summed E-state index contributed by atoms with van der Waals surface area (Å²) in [5, 5.41) is 14.9. The molecule has 1 aromatic carbocycles. The van der Waals surface area contributed by atoms with E-state index in [0.29, 0.717) is 5.56 Å². The highest BCUT2D eigenvalue weighted by molar-refractivity contribution is 14.1. The lowest BCUT2D eigenvalue weighted by atomic mass is 9.94. The molecule has 0 saturated heterocycles. The number of amides is 1. The average molecular weight is 399 g/mol.